The molecule has 1 aliphatic carbocycles. The van der Waals surface area contributed by atoms with Gasteiger partial charge in [-0.15, -0.1) is 0 Å². The fraction of sp³-hybridized carbons (Fsp3) is 0.400. The quantitative estimate of drug-likeness (QED) is 0.605. The van der Waals surface area contributed by atoms with Crippen molar-refractivity contribution in [3.05, 3.63) is 36.2 Å². The SMILES string of the molecule is C[C@@H]1CCCC[C@H]1NC(=O)NC(=O)COC(=O)/C=C/c1nc2ccccc2o1. The van der Waals surface area contributed by atoms with Crippen molar-refractivity contribution in [2.75, 3.05) is 6.61 Å². The first-order valence-electron chi connectivity index (χ1n) is 9.32. The van der Waals surface area contributed by atoms with Gasteiger partial charge in [0.15, 0.2) is 12.2 Å². The standard InChI is InChI=1S/C20H23N3O5/c1-13-6-2-3-7-14(13)22-20(26)23-17(24)12-27-19(25)11-10-18-21-15-8-4-5-9-16(15)28-18/h4-5,8-11,13-14H,2-3,6-7,12H2,1H3,(H2,22,23,24,26)/b11-10+/t13-,14-/m1/s1. The van der Waals surface area contributed by atoms with Crippen molar-refractivity contribution in [2.24, 2.45) is 5.92 Å². The fourth-order valence-corrected chi connectivity index (χ4v) is 3.18. The Balaban J connectivity index is 1.41. The molecule has 0 radical (unpaired) electrons. The van der Waals surface area contributed by atoms with Gasteiger partial charge < -0.3 is 14.5 Å². The summed E-state index contributed by atoms with van der Waals surface area (Å²) in [6.07, 6.45) is 6.65. The van der Waals surface area contributed by atoms with E-state index in [9.17, 15) is 14.4 Å². The van der Waals surface area contributed by atoms with Gasteiger partial charge in [-0.1, -0.05) is 31.9 Å². The van der Waals surface area contributed by atoms with Gasteiger partial charge in [0.25, 0.3) is 5.91 Å². The zero-order valence-corrected chi connectivity index (χ0v) is 15.6. The van der Waals surface area contributed by atoms with Crippen molar-refractivity contribution in [1.29, 1.82) is 0 Å². The van der Waals surface area contributed by atoms with Crippen LogP contribution in [-0.2, 0) is 14.3 Å². The number of para-hydroxylation sites is 2. The highest BCUT2D eigenvalue weighted by Crippen LogP contribution is 2.23. The van der Waals surface area contributed by atoms with E-state index in [2.05, 4.69) is 22.5 Å². The molecule has 2 atom stereocenters. The van der Waals surface area contributed by atoms with Crippen LogP contribution >= 0.6 is 0 Å². The molecule has 0 spiro atoms. The van der Waals surface area contributed by atoms with Crippen LogP contribution in [0.25, 0.3) is 17.2 Å². The molecule has 8 nitrogen and oxygen atoms in total. The van der Waals surface area contributed by atoms with Crippen LogP contribution in [0.1, 0.15) is 38.5 Å². The number of carbonyl (C=O) groups excluding carboxylic acids is 3. The molecular weight excluding hydrogens is 362 g/mol. The van der Waals surface area contributed by atoms with Crippen LogP contribution in [0.2, 0.25) is 0 Å². The van der Waals surface area contributed by atoms with Crippen molar-refractivity contribution < 1.29 is 23.5 Å². The first-order chi connectivity index (χ1) is 13.5. The van der Waals surface area contributed by atoms with Crippen LogP contribution in [-0.4, -0.2) is 35.5 Å². The predicted octanol–water partition coefficient (Wildman–Crippen LogP) is 2.79. The normalized spacial score (nSPS) is 19.5. The Bertz CT molecular complexity index is 856. The Morgan fingerprint density at radius 1 is 1.25 bits per heavy atom. The van der Waals surface area contributed by atoms with Crippen molar-refractivity contribution in [2.45, 2.75) is 38.6 Å². The van der Waals surface area contributed by atoms with Crippen LogP contribution in [0.15, 0.2) is 34.8 Å². The number of oxazole rings is 1. The molecule has 1 aromatic carbocycles. The lowest BCUT2D eigenvalue weighted by Crippen LogP contribution is -2.48. The number of nitrogens with one attached hydrogen (secondary N) is 2. The Kier molecular flexibility index (Phi) is 6.41. The molecule has 3 rings (SSSR count). The molecule has 8 heteroatoms. The number of aromatic nitrogens is 1. The molecule has 2 aromatic rings. The molecule has 0 unspecified atom stereocenters. The average Bonchev–Trinajstić information content (AvgIpc) is 3.09. The molecule has 1 saturated carbocycles. The summed E-state index contributed by atoms with van der Waals surface area (Å²) >= 11 is 0. The minimum atomic E-state index is -0.737. The maximum absolute atomic E-state index is 11.9. The van der Waals surface area contributed by atoms with E-state index in [-0.39, 0.29) is 11.9 Å². The molecular formula is C20H23N3O5. The van der Waals surface area contributed by atoms with Crippen LogP contribution in [0.3, 0.4) is 0 Å². The summed E-state index contributed by atoms with van der Waals surface area (Å²) in [5.41, 5.74) is 1.28. The third-order valence-electron chi connectivity index (χ3n) is 4.70. The number of hydrogen-bond donors (Lipinski definition) is 2. The van der Waals surface area contributed by atoms with E-state index in [1.807, 2.05) is 12.1 Å². The van der Waals surface area contributed by atoms with Gasteiger partial charge in [-0.3, -0.25) is 10.1 Å². The van der Waals surface area contributed by atoms with E-state index in [1.54, 1.807) is 12.1 Å². The summed E-state index contributed by atoms with van der Waals surface area (Å²) in [4.78, 5) is 39.6. The summed E-state index contributed by atoms with van der Waals surface area (Å²) in [6, 6.07) is 6.69. The Morgan fingerprint density at radius 3 is 2.82 bits per heavy atom. The lowest BCUT2D eigenvalue weighted by molar-refractivity contribution is -0.143. The van der Waals surface area contributed by atoms with Gasteiger partial charge in [0.2, 0.25) is 5.89 Å². The number of rotatable bonds is 5. The van der Waals surface area contributed by atoms with E-state index < -0.39 is 24.5 Å². The van der Waals surface area contributed by atoms with Crippen molar-refractivity contribution in [1.82, 2.24) is 15.6 Å². The molecule has 1 fully saturated rings. The Labute approximate surface area is 162 Å². The van der Waals surface area contributed by atoms with Crippen molar-refractivity contribution in [3.63, 3.8) is 0 Å². The molecule has 1 aliphatic rings. The monoisotopic (exact) mass is 385 g/mol. The first-order valence-corrected chi connectivity index (χ1v) is 9.32. The number of esters is 1. The molecule has 0 aliphatic heterocycles. The van der Waals surface area contributed by atoms with Gasteiger partial charge in [0.05, 0.1) is 0 Å². The predicted molar refractivity (Wildman–Crippen MR) is 102 cm³/mol. The van der Waals surface area contributed by atoms with Crippen LogP contribution in [0.4, 0.5) is 4.79 Å². The number of ether oxygens (including phenoxy) is 1. The summed E-state index contributed by atoms with van der Waals surface area (Å²) < 4.78 is 10.3. The minimum Gasteiger partial charge on any atom is -0.452 e. The lowest BCUT2D eigenvalue weighted by atomic mass is 9.86. The molecule has 0 bridgehead atoms. The largest absolute Gasteiger partial charge is 0.452 e. The highest BCUT2D eigenvalue weighted by Gasteiger charge is 2.23. The summed E-state index contributed by atoms with van der Waals surface area (Å²) in [6.45, 7) is 1.53. The smallest absolute Gasteiger partial charge is 0.331 e. The number of amides is 3. The Morgan fingerprint density at radius 2 is 2.04 bits per heavy atom. The van der Waals surface area contributed by atoms with E-state index >= 15 is 0 Å². The van der Waals surface area contributed by atoms with E-state index in [4.69, 9.17) is 9.15 Å². The van der Waals surface area contributed by atoms with E-state index in [1.165, 1.54) is 6.08 Å². The molecule has 28 heavy (non-hydrogen) atoms. The molecule has 0 saturated heterocycles. The molecule has 3 amide bonds. The van der Waals surface area contributed by atoms with Gasteiger partial charge in [-0.25, -0.2) is 14.6 Å². The zero-order valence-electron chi connectivity index (χ0n) is 15.6. The number of urea groups is 1. The third-order valence-corrected chi connectivity index (χ3v) is 4.70. The molecule has 148 valence electrons. The Hall–Kier alpha value is -3.16. The van der Waals surface area contributed by atoms with E-state index in [0.29, 0.717) is 17.0 Å². The van der Waals surface area contributed by atoms with Gasteiger partial charge >= 0.3 is 12.0 Å². The summed E-state index contributed by atoms with van der Waals surface area (Å²) in [5.74, 6) is -0.795. The number of benzene rings is 1. The van der Waals surface area contributed by atoms with Gasteiger partial charge in [0, 0.05) is 18.2 Å². The lowest BCUT2D eigenvalue weighted by Gasteiger charge is -2.29. The van der Waals surface area contributed by atoms with Gasteiger partial charge in [-0.05, 0) is 30.9 Å². The second kappa shape index (κ2) is 9.16. The second-order valence-corrected chi connectivity index (χ2v) is 6.85. The second-order valence-electron chi connectivity index (χ2n) is 6.85. The van der Waals surface area contributed by atoms with Crippen molar-refractivity contribution in [3.8, 4) is 0 Å². The summed E-state index contributed by atoms with van der Waals surface area (Å²) in [7, 11) is 0. The minimum absolute atomic E-state index is 0.0587. The van der Waals surface area contributed by atoms with Gasteiger partial charge in [-0.2, -0.15) is 0 Å². The highest BCUT2D eigenvalue weighted by atomic mass is 16.5. The maximum atomic E-state index is 11.9. The number of fused-ring (bicyclic) bond motifs is 1. The average molecular weight is 385 g/mol. The van der Waals surface area contributed by atoms with Crippen molar-refractivity contribution >= 4 is 35.1 Å². The van der Waals surface area contributed by atoms with E-state index in [0.717, 1.165) is 31.8 Å². The fourth-order valence-electron chi connectivity index (χ4n) is 3.18. The maximum Gasteiger partial charge on any atom is 0.331 e. The zero-order chi connectivity index (χ0) is 19.9. The van der Waals surface area contributed by atoms with Gasteiger partial charge in [0.1, 0.15) is 5.52 Å². The number of hydrogen-bond acceptors (Lipinski definition) is 6. The first kappa shape index (κ1) is 19.6. The summed E-state index contributed by atoms with van der Waals surface area (Å²) in [5, 5.41) is 4.97. The molecule has 1 heterocycles. The molecule has 1 aromatic heterocycles. The van der Waals surface area contributed by atoms with Crippen LogP contribution < -0.4 is 10.6 Å². The van der Waals surface area contributed by atoms with Crippen LogP contribution in [0, 0.1) is 5.92 Å². The highest BCUT2D eigenvalue weighted by molar-refractivity contribution is 5.96. The topological polar surface area (TPSA) is 111 Å². The molecule has 2 N–H and O–H groups in total. The number of imide groups is 1. The third kappa shape index (κ3) is 5.42. The number of nitrogens with zero attached hydrogens (tertiary/aromatic N) is 1. The van der Waals surface area contributed by atoms with Crippen LogP contribution in [0.5, 0.6) is 0 Å². The number of carbonyl (C=O) groups is 3.